The van der Waals surface area contributed by atoms with Crippen LogP contribution in [0.4, 0.5) is 5.82 Å². The summed E-state index contributed by atoms with van der Waals surface area (Å²) in [6.45, 7) is 0. The van der Waals surface area contributed by atoms with Crippen LogP contribution in [0.5, 0.6) is 0 Å². The van der Waals surface area contributed by atoms with E-state index in [0.717, 1.165) is 23.4 Å². The molecular weight excluding hydrogens is 236 g/mol. The van der Waals surface area contributed by atoms with Crippen molar-refractivity contribution in [1.82, 2.24) is 15.2 Å². The number of anilines is 1. The highest BCUT2D eigenvalue weighted by Gasteiger charge is 2.04. The summed E-state index contributed by atoms with van der Waals surface area (Å²) in [5.74, 6) is 0.781. The summed E-state index contributed by atoms with van der Waals surface area (Å²) >= 11 is 0. The van der Waals surface area contributed by atoms with E-state index < -0.39 is 0 Å². The van der Waals surface area contributed by atoms with Gasteiger partial charge in [-0.2, -0.15) is 5.10 Å². The third-order valence-electron chi connectivity index (χ3n) is 3.09. The summed E-state index contributed by atoms with van der Waals surface area (Å²) in [5, 5.41) is 12.5. The van der Waals surface area contributed by atoms with Gasteiger partial charge in [-0.3, -0.25) is 4.98 Å². The van der Waals surface area contributed by atoms with Gasteiger partial charge < -0.3 is 5.32 Å². The van der Waals surface area contributed by atoms with Crippen LogP contribution in [0.15, 0.2) is 48.7 Å². The second-order valence-corrected chi connectivity index (χ2v) is 4.32. The fraction of sp³-hybridized carbons (Fsp3) is 0.133. The molecule has 0 saturated carbocycles. The zero-order chi connectivity index (χ0) is 13.1. The molecule has 0 spiro atoms. The number of hydrogen-bond acceptors (Lipinski definition) is 4. The summed E-state index contributed by atoms with van der Waals surface area (Å²) in [4.78, 5) is 4.36. The van der Waals surface area contributed by atoms with Gasteiger partial charge in [0.1, 0.15) is 5.82 Å². The Labute approximate surface area is 111 Å². The van der Waals surface area contributed by atoms with Crippen LogP contribution in [0.25, 0.3) is 10.9 Å². The fourth-order valence-electron chi connectivity index (χ4n) is 2.09. The van der Waals surface area contributed by atoms with Gasteiger partial charge in [0.15, 0.2) is 0 Å². The molecule has 1 aromatic carbocycles. The quantitative estimate of drug-likeness (QED) is 0.776. The average Bonchev–Trinajstić information content (AvgIpc) is 2.48. The van der Waals surface area contributed by atoms with Crippen molar-refractivity contribution >= 4 is 16.7 Å². The third kappa shape index (κ3) is 2.38. The lowest BCUT2D eigenvalue weighted by Crippen LogP contribution is -1.99. The van der Waals surface area contributed by atoms with Crippen molar-refractivity contribution in [2.24, 2.45) is 0 Å². The number of nitrogens with zero attached hydrogens (tertiary/aromatic N) is 3. The summed E-state index contributed by atoms with van der Waals surface area (Å²) in [6, 6.07) is 14.1. The lowest BCUT2D eigenvalue weighted by molar-refractivity contribution is 0.941. The Kier molecular flexibility index (Phi) is 3.06. The lowest BCUT2D eigenvalue weighted by atomic mass is 10.0. The Morgan fingerprint density at radius 2 is 1.89 bits per heavy atom. The predicted octanol–water partition coefficient (Wildman–Crippen LogP) is 2.66. The first-order valence-electron chi connectivity index (χ1n) is 6.20. The lowest BCUT2D eigenvalue weighted by Gasteiger charge is -2.05. The number of nitrogens with one attached hydrogen (secondary N) is 1. The van der Waals surface area contributed by atoms with E-state index in [2.05, 4.69) is 26.6 Å². The van der Waals surface area contributed by atoms with Crippen molar-refractivity contribution < 1.29 is 0 Å². The highest BCUT2D eigenvalue weighted by Crippen LogP contribution is 2.18. The van der Waals surface area contributed by atoms with Gasteiger partial charge in [0.25, 0.3) is 0 Å². The van der Waals surface area contributed by atoms with Crippen LogP contribution >= 0.6 is 0 Å². The Morgan fingerprint density at radius 1 is 1.00 bits per heavy atom. The van der Waals surface area contributed by atoms with Crippen molar-refractivity contribution in [3.63, 3.8) is 0 Å². The monoisotopic (exact) mass is 250 g/mol. The number of benzene rings is 1. The van der Waals surface area contributed by atoms with Crippen LogP contribution < -0.4 is 5.32 Å². The van der Waals surface area contributed by atoms with Crippen LogP contribution in [0.1, 0.15) is 11.3 Å². The van der Waals surface area contributed by atoms with E-state index in [1.807, 2.05) is 49.6 Å². The van der Waals surface area contributed by atoms with E-state index >= 15 is 0 Å². The number of pyridine rings is 1. The van der Waals surface area contributed by atoms with E-state index in [9.17, 15) is 0 Å². The number of hydrogen-bond donors (Lipinski definition) is 1. The summed E-state index contributed by atoms with van der Waals surface area (Å²) in [7, 11) is 1.83. The van der Waals surface area contributed by atoms with Gasteiger partial charge in [0, 0.05) is 25.1 Å². The summed E-state index contributed by atoms with van der Waals surface area (Å²) in [6.07, 6.45) is 2.60. The molecule has 19 heavy (non-hydrogen) atoms. The minimum absolute atomic E-state index is 0.764. The summed E-state index contributed by atoms with van der Waals surface area (Å²) < 4.78 is 0. The van der Waals surface area contributed by atoms with Gasteiger partial charge in [-0.05, 0) is 29.8 Å². The van der Waals surface area contributed by atoms with Gasteiger partial charge in [-0.25, -0.2) is 0 Å². The normalized spacial score (nSPS) is 10.6. The highest BCUT2D eigenvalue weighted by molar-refractivity contribution is 5.82. The largest absolute Gasteiger partial charge is 0.372 e. The molecule has 0 bridgehead atoms. The predicted molar refractivity (Wildman–Crippen MR) is 76.1 cm³/mol. The van der Waals surface area contributed by atoms with E-state index in [1.165, 1.54) is 10.9 Å². The van der Waals surface area contributed by atoms with Crippen LogP contribution in [0.2, 0.25) is 0 Å². The van der Waals surface area contributed by atoms with E-state index in [0.29, 0.717) is 0 Å². The molecule has 0 aliphatic rings. The molecule has 4 heteroatoms. The zero-order valence-electron chi connectivity index (χ0n) is 10.7. The van der Waals surface area contributed by atoms with Crippen LogP contribution in [0.3, 0.4) is 0 Å². The molecule has 1 N–H and O–H groups in total. The molecule has 94 valence electrons. The second kappa shape index (κ2) is 5.02. The van der Waals surface area contributed by atoms with Gasteiger partial charge in [-0.1, -0.05) is 18.2 Å². The highest BCUT2D eigenvalue weighted by atomic mass is 15.2. The number of rotatable bonds is 3. The SMILES string of the molecule is CNc1ccc(Cc2ccnc3ccccc23)nn1. The molecule has 0 aliphatic carbocycles. The van der Waals surface area contributed by atoms with E-state index in [4.69, 9.17) is 0 Å². The van der Waals surface area contributed by atoms with Crippen molar-refractivity contribution in [3.8, 4) is 0 Å². The van der Waals surface area contributed by atoms with Crippen LogP contribution in [0, 0.1) is 0 Å². The van der Waals surface area contributed by atoms with Crippen LogP contribution in [-0.2, 0) is 6.42 Å². The molecule has 0 fully saturated rings. The van der Waals surface area contributed by atoms with Gasteiger partial charge in [0.05, 0.1) is 11.2 Å². The van der Waals surface area contributed by atoms with Gasteiger partial charge in [0.2, 0.25) is 0 Å². The molecule has 2 aromatic heterocycles. The topological polar surface area (TPSA) is 50.7 Å². The Hall–Kier alpha value is -2.49. The first-order valence-corrected chi connectivity index (χ1v) is 6.20. The third-order valence-corrected chi connectivity index (χ3v) is 3.09. The molecule has 0 amide bonds. The molecule has 0 unspecified atom stereocenters. The van der Waals surface area contributed by atoms with Crippen molar-refractivity contribution in [2.75, 3.05) is 12.4 Å². The Balaban J connectivity index is 1.96. The molecule has 0 atom stereocenters. The Bertz CT molecular complexity index is 687. The maximum absolute atomic E-state index is 4.36. The van der Waals surface area contributed by atoms with Crippen molar-refractivity contribution in [2.45, 2.75) is 6.42 Å². The standard InChI is InChI=1S/C15H14N4/c1-16-15-7-6-12(18-19-15)10-11-8-9-17-14-5-3-2-4-13(11)14/h2-9H,10H2,1H3,(H,16,19). The molecule has 4 nitrogen and oxygen atoms in total. The van der Waals surface area contributed by atoms with Crippen molar-refractivity contribution in [1.29, 1.82) is 0 Å². The fourth-order valence-corrected chi connectivity index (χ4v) is 2.09. The molecule has 0 saturated heterocycles. The molecule has 2 heterocycles. The first-order chi connectivity index (χ1) is 9.36. The number of fused-ring (bicyclic) bond motifs is 1. The zero-order valence-corrected chi connectivity index (χ0v) is 10.7. The number of para-hydroxylation sites is 1. The van der Waals surface area contributed by atoms with Gasteiger partial charge in [-0.15, -0.1) is 5.10 Å². The summed E-state index contributed by atoms with van der Waals surface area (Å²) in [5.41, 5.74) is 3.19. The molecule has 0 aliphatic heterocycles. The van der Waals surface area contributed by atoms with E-state index in [1.54, 1.807) is 0 Å². The smallest absolute Gasteiger partial charge is 0.148 e. The molecular formula is C15H14N4. The maximum atomic E-state index is 4.36. The van der Waals surface area contributed by atoms with E-state index in [-0.39, 0.29) is 0 Å². The second-order valence-electron chi connectivity index (χ2n) is 4.32. The molecule has 0 radical (unpaired) electrons. The molecule has 3 aromatic rings. The molecule has 3 rings (SSSR count). The maximum Gasteiger partial charge on any atom is 0.148 e. The minimum atomic E-state index is 0.764. The average molecular weight is 250 g/mol. The van der Waals surface area contributed by atoms with Crippen LogP contribution in [-0.4, -0.2) is 22.2 Å². The van der Waals surface area contributed by atoms with Crippen molar-refractivity contribution in [3.05, 3.63) is 59.9 Å². The minimum Gasteiger partial charge on any atom is -0.372 e. The first kappa shape index (κ1) is 11.6. The number of aromatic nitrogens is 3. The van der Waals surface area contributed by atoms with Gasteiger partial charge >= 0.3 is 0 Å². The Morgan fingerprint density at radius 3 is 2.68 bits per heavy atom.